The highest BCUT2D eigenvalue weighted by molar-refractivity contribution is 7.89. The monoisotopic (exact) mass is 267 g/mol. The number of sulfonamides is 1. The van der Waals surface area contributed by atoms with Gasteiger partial charge in [-0.1, -0.05) is 11.3 Å². The highest BCUT2D eigenvalue weighted by atomic mass is 32.2. The van der Waals surface area contributed by atoms with E-state index < -0.39 is 10.0 Å². The molecule has 0 atom stereocenters. The van der Waals surface area contributed by atoms with Crippen molar-refractivity contribution in [1.82, 2.24) is 15.0 Å². The van der Waals surface area contributed by atoms with Crippen LogP contribution in [0.25, 0.3) is 0 Å². The van der Waals surface area contributed by atoms with Gasteiger partial charge in [-0.3, -0.25) is 4.68 Å². The Labute approximate surface area is 105 Å². The molecule has 0 aliphatic heterocycles. The minimum Gasteiger partial charge on any atom is -0.379 e. The maximum Gasteiger partial charge on any atom is 0.238 e. The average Bonchev–Trinajstić information content (AvgIpc) is 2.72. The lowest BCUT2D eigenvalue weighted by atomic mass is 10.3. The van der Waals surface area contributed by atoms with Gasteiger partial charge in [0.1, 0.15) is 0 Å². The van der Waals surface area contributed by atoms with Crippen LogP contribution in [-0.4, -0.2) is 23.4 Å². The molecular weight excluding hydrogens is 254 g/mol. The first-order valence-corrected chi connectivity index (χ1v) is 6.72. The molecule has 0 aliphatic carbocycles. The minimum atomic E-state index is -3.68. The quantitative estimate of drug-likeness (QED) is 0.816. The molecule has 1 heterocycles. The van der Waals surface area contributed by atoms with Gasteiger partial charge in [0.25, 0.3) is 0 Å². The Bertz CT molecular complexity index is 650. The van der Waals surface area contributed by atoms with Crippen LogP contribution in [0, 0.1) is 0 Å². The van der Waals surface area contributed by atoms with E-state index in [1.165, 1.54) is 12.1 Å². The summed E-state index contributed by atoms with van der Waals surface area (Å²) in [5, 5.41) is 15.7. The summed E-state index contributed by atoms with van der Waals surface area (Å²) in [6.07, 6.45) is 1.64. The zero-order valence-corrected chi connectivity index (χ0v) is 10.6. The highest BCUT2D eigenvalue weighted by Crippen LogP contribution is 2.14. The smallest absolute Gasteiger partial charge is 0.238 e. The molecule has 2 rings (SSSR count). The second-order valence-corrected chi connectivity index (χ2v) is 5.34. The van der Waals surface area contributed by atoms with E-state index in [4.69, 9.17) is 5.14 Å². The average molecular weight is 267 g/mol. The predicted octanol–water partition coefficient (Wildman–Crippen LogP) is 0.0746. The Morgan fingerprint density at radius 3 is 2.83 bits per heavy atom. The molecular formula is C10H13N5O2S. The lowest BCUT2D eigenvalue weighted by Crippen LogP contribution is -2.12. The third-order valence-electron chi connectivity index (χ3n) is 2.44. The van der Waals surface area contributed by atoms with Crippen LogP contribution >= 0.6 is 0 Å². The first-order chi connectivity index (χ1) is 8.47. The van der Waals surface area contributed by atoms with E-state index in [-0.39, 0.29) is 4.90 Å². The second-order valence-electron chi connectivity index (χ2n) is 3.78. The molecule has 0 spiro atoms. The van der Waals surface area contributed by atoms with Gasteiger partial charge in [0.2, 0.25) is 10.0 Å². The van der Waals surface area contributed by atoms with Crippen molar-refractivity contribution in [2.24, 2.45) is 12.2 Å². The van der Waals surface area contributed by atoms with E-state index in [9.17, 15) is 8.42 Å². The van der Waals surface area contributed by atoms with Crippen LogP contribution in [0.15, 0.2) is 35.4 Å². The molecule has 0 unspecified atom stereocenters. The number of benzene rings is 1. The largest absolute Gasteiger partial charge is 0.379 e. The number of nitrogens with two attached hydrogens (primary N) is 1. The number of aryl methyl sites for hydroxylation is 1. The fraction of sp³-hybridized carbons (Fsp3) is 0.200. The molecule has 0 radical (unpaired) electrons. The Morgan fingerprint density at radius 1 is 1.44 bits per heavy atom. The summed E-state index contributed by atoms with van der Waals surface area (Å²) < 4.78 is 24.0. The summed E-state index contributed by atoms with van der Waals surface area (Å²) in [4.78, 5) is 0.0793. The maximum atomic E-state index is 11.2. The number of hydrogen-bond donors (Lipinski definition) is 2. The first-order valence-electron chi connectivity index (χ1n) is 5.17. The number of aromatic nitrogens is 3. The third kappa shape index (κ3) is 2.84. The van der Waals surface area contributed by atoms with Gasteiger partial charge < -0.3 is 5.32 Å². The van der Waals surface area contributed by atoms with E-state index in [1.54, 1.807) is 30.1 Å². The molecule has 0 saturated heterocycles. The van der Waals surface area contributed by atoms with Gasteiger partial charge in [-0.25, -0.2) is 13.6 Å². The molecule has 18 heavy (non-hydrogen) atoms. The molecule has 3 N–H and O–H groups in total. The molecule has 0 amide bonds. The van der Waals surface area contributed by atoms with Crippen molar-refractivity contribution in [3.8, 4) is 0 Å². The number of anilines is 1. The van der Waals surface area contributed by atoms with Gasteiger partial charge in [-0.05, 0) is 18.2 Å². The summed E-state index contributed by atoms with van der Waals surface area (Å²) in [5.41, 5.74) is 1.55. The first kappa shape index (κ1) is 12.5. The Morgan fingerprint density at radius 2 is 2.22 bits per heavy atom. The van der Waals surface area contributed by atoms with Crippen LogP contribution in [0.4, 0.5) is 5.69 Å². The fourth-order valence-corrected chi connectivity index (χ4v) is 2.01. The van der Waals surface area contributed by atoms with Crippen LogP contribution in [-0.2, 0) is 23.6 Å². The third-order valence-corrected chi connectivity index (χ3v) is 3.36. The molecule has 0 fully saturated rings. The SMILES string of the molecule is Cn1nncc1CNc1cccc(S(N)(=O)=O)c1. The number of nitrogens with zero attached hydrogens (tertiary/aromatic N) is 3. The predicted molar refractivity (Wildman–Crippen MR) is 66.1 cm³/mol. The van der Waals surface area contributed by atoms with Gasteiger partial charge in [-0.2, -0.15) is 0 Å². The summed E-state index contributed by atoms with van der Waals surface area (Å²) in [5.74, 6) is 0. The van der Waals surface area contributed by atoms with Gasteiger partial charge in [-0.15, -0.1) is 5.10 Å². The summed E-state index contributed by atoms with van der Waals surface area (Å²) >= 11 is 0. The fourth-order valence-electron chi connectivity index (χ4n) is 1.45. The van der Waals surface area contributed by atoms with Gasteiger partial charge in [0.05, 0.1) is 23.3 Å². The summed E-state index contributed by atoms with van der Waals surface area (Å²) in [6, 6.07) is 6.33. The zero-order chi connectivity index (χ0) is 13.2. The van der Waals surface area contributed by atoms with Crippen LogP contribution < -0.4 is 10.5 Å². The van der Waals surface area contributed by atoms with E-state index >= 15 is 0 Å². The van der Waals surface area contributed by atoms with Crippen molar-refractivity contribution in [3.63, 3.8) is 0 Å². The number of primary sulfonamides is 1. The van der Waals surface area contributed by atoms with E-state index in [2.05, 4.69) is 15.6 Å². The molecule has 0 aliphatic rings. The molecule has 0 saturated carbocycles. The molecule has 0 bridgehead atoms. The Hall–Kier alpha value is -1.93. The number of nitrogens with one attached hydrogen (secondary N) is 1. The lowest BCUT2D eigenvalue weighted by molar-refractivity contribution is 0.598. The zero-order valence-electron chi connectivity index (χ0n) is 9.74. The molecule has 8 heteroatoms. The molecule has 1 aromatic heterocycles. The van der Waals surface area contributed by atoms with E-state index in [0.717, 1.165) is 5.69 Å². The molecule has 7 nitrogen and oxygen atoms in total. The number of rotatable bonds is 4. The molecule has 2 aromatic rings. The van der Waals surface area contributed by atoms with Crippen LogP contribution in [0.5, 0.6) is 0 Å². The van der Waals surface area contributed by atoms with Crippen molar-refractivity contribution in [1.29, 1.82) is 0 Å². The summed E-state index contributed by atoms with van der Waals surface area (Å²) in [6.45, 7) is 0.498. The highest BCUT2D eigenvalue weighted by Gasteiger charge is 2.08. The van der Waals surface area contributed by atoms with Gasteiger partial charge in [0, 0.05) is 12.7 Å². The molecule has 96 valence electrons. The minimum absolute atomic E-state index is 0.0793. The van der Waals surface area contributed by atoms with Crippen molar-refractivity contribution in [2.75, 3.05) is 5.32 Å². The number of hydrogen-bond acceptors (Lipinski definition) is 5. The van der Waals surface area contributed by atoms with Gasteiger partial charge >= 0.3 is 0 Å². The van der Waals surface area contributed by atoms with Crippen LogP contribution in [0.3, 0.4) is 0 Å². The van der Waals surface area contributed by atoms with Crippen LogP contribution in [0.1, 0.15) is 5.69 Å². The Balaban J connectivity index is 2.13. The van der Waals surface area contributed by atoms with Crippen molar-refractivity contribution in [3.05, 3.63) is 36.2 Å². The van der Waals surface area contributed by atoms with E-state index in [0.29, 0.717) is 12.2 Å². The van der Waals surface area contributed by atoms with Gasteiger partial charge in [0.15, 0.2) is 0 Å². The normalized spacial score (nSPS) is 11.4. The standard InChI is InChI=1S/C10H13N5O2S/c1-15-9(7-13-14-15)6-12-8-3-2-4-10(5-8)18(11,16)17/h2-5,7,12H,6H2,1H3,(H2,11,16,17). The second kappa shape index (κ2) is 4.75. The van der Waals surface area contributed by atoms with E-state index in [1.807, 2.05) is 0 Å². The topological polar surface area (TPSA) is 103 Å². The maximum absolute atomic E-state index is 11.2. The van der Waals surface area contributed by atoms with Crippen molar-refractivity contribution < 1.29 is 8.42 Å². The lowest BCUT2D eigenvalue weighted by Gasteiger charge is -2.07. The van der Waals surface area contributed by atoms with Crippen molar-refractivity contribution >= 4 is 15.7 Å². The summed E-state index contributed by atoms with van der Waals surface area (Å²) in [7, 11) is -1.89. The van der Waals surface area contributed by atoms with Crippen LogP contribution in [0.2, 0.25) is 0 Å². The Kier molecular flexibility index (Phi) is 3.30. The molecule has 1 aromatic carbocycles. The van der Waals surface area contributed by atoms with Crippen molar-refractivity contribution in [2.45, 2.75) is 11.4 Å².